The minimum Gasteiger partial charge on any atom is -0.393 e. The van der Waals surface area contributed by atoms with Gasteiger partial charge in [0.05, 0.1) is 18.7 Å². The standard InChI is InChI=1S/C19H29N3O2/c1-21(2)18(14-6-4-3-5-7-14)12-20-19(24)13-22-15-8-9-16(22)11-17(23)10-15/h3-7,15-18,23H,8-13H2,1-2H3,(H,20,24)/t15-,16-,18-/m0/s1. The molecular formula is C19H29N3O2. The van der Waals surface area contributed by atoms with Crippen molar-refractivity contribution in [1.29, 1.82) is 0 Å². The Morgan fingerprint density at radius 1 is 1.25 bits per heavy atom. The number of aliphatic hydroxyl groups is 1. The summed E-state index contributed by atoms with van der Waals surface area (Å²) < 4.78 is 0. The molecule has 2 fully saturated rings. The summed E-state index contributed by atoms with van der Waals surface area (Å²) in [5.74, 6) is 0.0890. The van der Waals surface area contributed by atoms with Crippen LogP contribution in [-0.2, 0) is 4.79 Å². The van der Waals surface area contributed by atoms with Crippen LogP contribution in [0.3, 0.4) is 0 Å². The number of benzene rings is 1. The summed E-state index contributed by atoms with van der Waals surface area (Å²) in [6.45, 7) is 1.07. The molecule has 0 aliphatic carbocycles. The summed E-state index contributed by atoms with van der Waals surface area (Å²) in [5, 5.41) is 13.0. The van der Waals surface area contributed by atoms with Crippen LogP contribution in [0.2, 0.25) is 0 Å². The summed E-state index contributed by atoms with van der Waals surface area (Å²) in [4.78, 5) is 16.9. The molecule has 2 saturated heterocycles. The fourth-order valence-electron chi connectivity index (χ4n) is 4.21. The Morgan fingerprint density at radius 2 is 1.88 bits per heavy atom. The van der Waals surface area contributed by atoms with E-state index in [-0.39, 0.29) is 18.1 Å². The van der Waals surface area contributed by atoms with Gasteiger partial charge >= 0.3 is 0 Å². The molecule has 3 rings (SSSR count). The molecule has 132 valence electrons. The molecule has 2 N–H and O–H groups in total. The van der Waals surface area contributed by atoms with Gasteiger partial charge in [0, 0.05) is 18.6 Å². The molecule has 0 spiro atoms. The lowest BCUT2D eigenvalue weighted by Gasteiger charge is -2.36. The lowest BCUT2D eigenvalue weighted by Crippen LogP contribution is -2.49. The number of amides is 1. The first kappa shape index (κ1) is 17.4. The van der Waals surface area contributed by atoms with Crippen LogP contribution in [-0.4, -0.2) is 66.2 Å². The fraction of sp³-hybridized carbons (Fsp3) is 0.632. The van der Waals surface area contributed by atoms with Gasteiger partial charge in [0.2, 0.25) is 5.91 Å². The Labute approximate surface area is 144 Å². The Bertz CT molecular complexity index is 535. The van der Waals surface area contributed by atoms with Crippen molar-refractivity contribution in [2.45, 2.75) is 49.9 Å². The minimum atomic E-state index is -0.182. The number of carbonyl (C=O) groups excluding carboxylic acids is 1. The molecule has 24 heavy (non-hydrogen) atoms. The Morgan fingerprint density at radius 3 is 2.46 bits per heavy atom. The number of carbonyl (C=O) groups is 1. The smallest absolute Gasteiger partial charge is 0.234 e. The second kappa shape index (κ2) is 7.64. The molecule has 0 saturated carbocycles. The molecule has 2 heterocycles. The number of hydrogen-bond acceptors (Lipinski definition) is 4. The highest BCUT2D eigenvalue weighted by Gasteiger charge is 2.40. The normalized spacial score (nSPS) is 28.1. The maximum absolute atomic E-state index is 12.4. The van der Waals surface area contributed by atoms with Gasteiger partial charge in [0.15, 0.2) is 0 Å². The van der Waals surface area contributed by atoms with Gasteiger partial charge in [0.25, 0.3) is 0 Å². The predicted octanol–water partition coefficient (Wildman–Crippen LogP) is 1.39. The first-order chi connectivity index (χ1) is 11.5. The molecule has 1 amide bonds. The largest absolute Gasteiger partial charge is 0.393 e. The number of nitrogens with zero attached hydrogens (tertiary/aromatic N) is 2. The average molecular weight is 331 g/mol. The van der Waals surface area contributed by atoms with E-state index in [4.69, 9.17) is 0 Å². The molecule has 2 bridgehead atoms. The predicted molar refractivity (Wildman–Crippen MR) is 94.6 cm³/mol. The van der Waals surface area contributed by atoms with Crippen molar-refractivity contribution in [3.05, 3.63) is 35.9 Å². The zero-order valence-corrected chi connectivity index (χ0v) is 14.7. The van der Waals surface area contributed by atoms with Crippen molar-refractivity contribution in [2.24, 2.45) is 0 Å². The molecule has 0 unspecified atom stereocenters. The topological polar surface area (TPSA) is 55.8 Å². The number of nitrogens with one attached hydrogen (secondary N) is 1. The molecule has 2 aliphatic heterocycles. The van der Waals surface area contributed by atoms with Gasteiger partial charge in [-0.3, -0.25) is 9.69 Å². The first-order valence-corrected chi connectivity index (χ1v) is 8.96. The highest BCUT2D eigenvalue weighted by Crippen LogP contribution is 2.35. The summed E-state index contributed by atoms with van der Waals surface area (Å²) in [5.41, 5.74) is 1.21. The van der Waals surface area contributed by atoms with E-state index in [0.29, 0.717) is 25.2 Å². The maximum Gasteiger partial charge on any atom is 0.234 e. The third kappa shape index (κ3) is 3.97. The fourth-order valence-corrected chi connectivity index (χ4v) is 4.21. The van der Waals surface area contributed by atoms with Crippen LogP contribution in [0, 0.1) is 0 Å². The highest BCUT2D eigenvalue weighted by atomic mass is 16.3. The van der Waals surface area contributed by atoms with Gasteiger partial charge in [-0.25, -0.2) is 0 Å². The molecule has 3 atom stereocenters. The van der Waals surface area contributed by atoms with Crippen LogP contribution in [0.5, 0.6) is 0 Å². The van der Waals surface area contributed by atoms with Crippen molar-refractivity contribution in [3.8, 4) is 0 Å². The summed E-state index contributed by atoms with van der Waals surface area (Å²) in [7, 11) is 4.08. The van der Waals surface area contributed by atoms with Crippen LogP contribution in [0.25, 0.3) is 0 Å². The van der Waals surface area contributed by atoms with Gasteiger partial charge in [-0.15, -0.1) is 0 Å². The van der Waals surface area contributed by atoms with Gasteiger partial charge in [-0.2, -0.15) is 0 Å². The van der Waals surface area contributed by atoms with E-state index in [1.165, 1.54) is 5.56 Å². The van der Waals surface area contributed by atoms with E-state index in [1.807, 2.05) is 32.3 Å². The number of likely N-dealkylation sites (N-methyl/N-ethyl adjacent to an activating group) is 1. The number of rotatable bonds is 6. The molecule has 0 radical (unpaired) electrons. The summed E-state index contributed by atoms with van der Waals surface area (Å²) in [6.07, 6.45) is 3.67. The summed E-state index contributed by atoms with van der Waals surface area (Å²) >= 11 is 0. The van der Waals surface area contributed by atoms with Crippen molar-refractivity contribution in [3.63, 3.8) is 0 Å². The Balaban J connectivity index is 1.53. The van der Waals surface area contributed by atoms with Gasteiger partial charge in [-0.1, -0.05) is 30.3 Å². The van der Waals surface area contributed by atoms with Gasteiger partial charge < -0.3 is 15.3 Å². The van der Waals surface area contributed by atoms with E-state index < -0.39 is 0 Å². The number of fused-ring (bicyclic) bond motifs is 2. The number of piperidine rings is 1. The molecule has 5 nitrogen and oxygen atoms in total. The van der Waals surface area contributed by atoms with E-state index in [1.54, 1.807) is 0 Å². The monoisotopic (exact) mass is 331 g/mol. The van der Waals surface area contributed by atoms with E-state index in [9.17, 15) is 9.90 Å². The first-order valence-electron chi connectivity index (χ1n) is 8.96. The van der Waals surface area contributed by atoms with E-state index in [2.05, 4.69) is 27.2 Å². The van der Waals surface area contributed by atoms with Crippen molar-refractivity contribution in [2.75, 3.05) is 27.2 Å². The van der Waals surface area contributed by atoms with Crippen LogP contribution >= 0.6 is 0 Å². The average Bonchev–Trinajstić information content (AvgIpc) is 2.79. The zero-order valence-electron chi connectivity index (χ0n) is 14.7. The van der Waals surface area contributed by atoms with Gasteiger partial charge in [-0.05, 0) is 45.3 Å². The summed E-state index contributed by atoms with van der Waals surface area (Å²) in [6, 6.07) is 11.2. The van der Waals surface area contributed by atoms with Gasteiger partial charge in [0.1, 0.15) is 0 Å². The second-order valence-electron chi connectivity index (χ2n) is 7.38. The van der Waals surface area contributed by atoms with Crippen molar-refractivity contribution < 1.29 is 9.90 Å². The lowest BCUT2D eigenvalue weighted by atomic mass is 10.00. The van der Waals surface area contributed by atoms with Crippen LogP contribution in [0.15, 0.2) is 30.3 Å². The third-order valence-corrected chi connectivity index (χ3v) is 5.49. The molecule has 1 aromatic carbocycles. The van der Waals surface area contributed by atoms with Crippen LogP contribution in [0.4, 0.5) is 0 Å². The van der Waals surface area contributed by atoms with Crippen molar-refractivity contribution in [1.82, 2.24) is 15.1 Å². The molecule has 5 heteroatoms. The molecular weight excluding hydrogens is 302 g/mol. The maximum atomic E-state index is 12.4. The van der Waals surface area contributed by atoms with Crippen LogP contribution in [0.1, 0.15) is 37.3 Å². The quantitative estimate of drug-likeness (QED) is 0.827. The van der Waals surface area contributed by atoms with Crippen molar-refractivity contribution >= 4 is 5.91 Å². The second-order valence-corrected chi connectivity index (χ2v) is 7.38. The van der Waals surface area contributed by atoms with E-state index in [0.717, 1.165) is 25.7 Å². The Kier molecular flexibility index (Phi) is 5.54. The van der Waals surface area contributed by atoms with Crippen LogP contribution < -0.4 is 5.32 Å². The zero-order chi connectivity index (χ0) is 17.1. The highest BCUT2D eigenvalue weighted by molar-refractivity contribution is 5.78. The number of aliphatic hydroxyl groups excluding tert-OH is 1. The molecule has 0 aromatic heterocycles. The Hall–Kier alpha value is -1.43. The third-order valence-electron chi connectivity index (χ3n) is 5.49. The molecule has 2 aliphatic rings. The lowest BCUT2D eigenvalue weighted by molar-refractivity contribution is -0.124. The number of hydrogen-bond donors (Lipinski definition) is 2. The molecule has 1 aromatic rings. The van der Waals surface area contributed by atoms with E-state index >= 15 is 0 Å². The minimum absolute atomic E-state index is 0.0890. The SMILES string of the molecule is CN(C)[C@@H](CNC(=O)CN1[C@H]2CC[C@H]1CC(O)C2)c1ccccc1.